The van der Waals surface area contributed by atoms with Gasteiger partial charge in [-0.2, -0.15) is 0 Å². The van der Waals surface area contributed by atoms with Crippen molar-refractivity contribution in [1.29, 1.82) is 0 Å². The standard InChI is InChI=1S/C24H32N6O/c31-24(25-7-6-16-4-2-1-3-5-16)22-13-21(30-15-26-27-28-30)14-29(22)23-19-9-17-8-18(11-19)12-20(23)10-17/h1-5,15,17-23H,6-14H2,(H,25,31)/t17?,18?,19?,20?,21-,22-,23?/m0/s1. The highest BCUT2D eigenvalue weighted by atomic mass is 16.2. The van der Waals surface area contributed by atoms with Gasteiger partial charge in [0.15, 0.2) is 0 Å². The predicted molar refractivity (Wildman–Crippen MR) is 116 cm³/mol. The molecule has 4 aliphatic carbocycles. The molecule has 0 unspecified atom stereocenters. The maximum atomic E-state index is 13.4. The molecule has 7 rings (SSSR count). The van der Waals surface area contributed by atoms with Crippen molar-refractivity contribution in [1.82, 2.24) is 30.4 Å². The highest BCUT2D eigenvalue weighted by Crippen LogP contribution is 2.56. The Labute approximate surface area is 183 Å². The number of likely N-dealkylation sites (tertiary alicyclic amines) is 1. The van der Waals surface area contributed by atoms with Gasteiger partial charge in [-0.1, -0.05) is 30.3 Å². The van der Waals surface area contributed by atoms with Gasteiger partial charge in [-0.25, -0.2) is 4.68 Å². The number of aromatic nitrogens is 4. The SMILES string of the molecule is O=C(NCCc1ccccc1)[C@@H]1C[C@H](n2cnnn2)CN1C1C2CC3CC(C2)CC1C3. The number of rotatable bonds is 6. The van der Waals surface area contributed by atoms with E-state index in [9.17, 15) is 4.79 Å². The van der Waals surface area contributed by atoms with Crippen LogP contribution < -0.4 is 5.32 Å². The molecule has 2 aromatic rings. The highest BCUT2D eigenvalue weighted by molar-refractivity contribution is 5.82. The largest absolute Gasteiger partial charge is 0.354 e. The number of carbonyl (C=O) groups excluding carboxylic acids is 1. The molecule has 4 saturated carbocycles. The van der Waals surface area contributed by atoms with Gasteiger partial charge in [0.2, 0.25) is 5.91 Å². The van der Waals surface area contributed by atoms with E-state index in [1.54, 1.807) is 6.33 Å². The third kappa shape index (κ3) is 3.67. The van der Waals surface area contributed by atoms with Crippen molar-refractivity contribution in [2.24, 2.45) is 23.7 Å². The summed E-state index contributed by atoms with van der Waals surface area (Å²) in [6.45, 7) is 1.57. The number of nitrogens with one attached hydrogen (secondary N) is 1. The zero-order valence-electron chi connectivity index (χ0n) is 18.0. The van der Waals surface area contributed by atoms with E-state index in [2.05, 4.69) is 50.0 Å². The van der Waals surface area contributed by atoms with E-state index in [1.807, 2.05) is 10.7 Å². The molecule has 1 saturated heterocycles. The first-order valence-corrected chi connectivity index (χ1v) is 12.0. The van der Waals surface area contributed by atoms with Crippen LogP contribution in [0.3, 0.4) is 0 Å². The fourth-order valence-electron chi connectivity index (χ4n) is 7.48. The van der Waals surface area contributed by atoms with Crippen LogP contribution in [0.5, 0.6) is 0 Å². The van der Waals surface area contributed by atoms with E-state index >= 15 is 0 Å². The molecular formula is C24H32N6O. The molecule has 1 aliphatic heterocycles. The monoisotopic (exact) mass is 420 g/mol. The molecule has 2 atom stereocenters. The summed E-state index contributed by atoms with van der Waals surface area (Å²) in [5.74, 6) is 3.59. The van der Waals surface area contributed by atoms with Crippen molar-refractivity contribution in [3.8, 4) is 0 Å². The molecule has 5 aliphatic rings. The van der Waals surface area contributed by atoms with Gasteiger partial charge in [0.05, 0.1) is 12.1 Å². The summed E-state index contributed by atoms with van der Waals surface area (Å²) >= 11 is 0. The summed E-state index contributed by atoms with van der Waals surface area (Å²) in [6, 6.07) is 11.0. The van der Waals surface area contributed by atoms with E-state index in [0.717, 1.165) is 43.1 Å². The molecule has 0 spiro atoms. The van der Waals surface area contributed by atoms with Crippen LogP contribution in [0.25, 0.3) is 0 Å². The normalized spacial score (nSPS) is 36.7. The Morgan fingerprint density at radius 3 is 2.42 bits per heavy atom. The number of tetrazole rings is 1. The van der Waals surface area contributed by atoms with E-state index in [4.69, 9.17) is 0 Å². The topological polar surface area (TPSA) is 75.9 Å². The molecule has 7 heteroatoms. The Balaban J connectivity index is 1.18. The lowest BCUT2D eigenvalue weighted by molar-refractivity contribution is -0.130. The van der Waals surface area contributed by atoms with Crippen LogP contribution in [-0.2, 0) is 11.2 Å². The zero-order valence-corrected chi connectivity index (χ0v) is 18.0. The summed E-state index contributed by atoms with van der Waals surface area (Å²) in [5, 5.41) is 15.1. The molecule has 7 nitrogen and oxygen atoms in total. The lowest BCUT2D eigenvalue weighted by atomic mass is 9.54. The van der Waals surface area contributed by atoms with Crippen LogP contribution in [0, 0.1) is 23.7 Å². The van der Waals surface area contributed by atoms with Crippen molar-refractivity contribution in [2.75, 3.05) is 13.1 Å². The number of hydrogen-bond acceptors (Lipinski definition) is 5. The van der Waals surface area contributed by atoms with Gasteiger partial charge in [-0.15, -0.1) is 5.10 Å². The van der Waals surface area contributed by atoms with Gasteiger partial charge in [0.1, 0.15) is 6.33 Å². The average molecular weight is 421 g/mol. The van der Waals surface area contributed by atoms with Gasteiger partial charge >= 0.3 is 0 Å². The second-order valence-electron chi connectivity index (χ2n) is 10.3. The van der Waals surface area contributed by atoms with Crippen molar-refractivity contribution in [2.45, 2.75) is 63.1 Å². The highest BCUT2D eigenvalue weighted by Gasteiger charge is 2.53. The third-order valence-corrected chi connectivity index (χ3v) is 8.47. The molecular weight excluding hydrogens is 388 g/mol. The number of carbonyl (C=O) groups is 1. The second kappa shape index (κ2) is 8.01. The number of amides is 1. The van der Waals surface area contributed by atoms with Crippen LogP contribution >= 0.6 is 0 Å². The third-order valence-electron chi connectivity index (χ3n) is 8.47. The molecule has 164 valence electrons. The van der Waals surface area contributed by atoms with Crippen molar-refractivity contribution in [3.63, 3.8) is 0 Å². The van der Waals surface area contributed by atoms with Crippen LogP contribution in [0.1, 0.15) is 50.1 Å². The fourth-order valence-corrected chi connectivity index (χ4v) is 7.48. The second-order valence-corrected chi connectivity index (χ2v) is 10.3. The van der Waals surface area contributed by atoms with Crippen molar-refractivity contribution >= 4 is 5.91 Å². The minimum Gasteiger partial charge on any atom is -0.354 e. The molecule has 0 radical (unpaired) electrons. The maximum absolute atomic E-state index is 13.4. The van der Waals surface area contributed by atoms with Gasteiger partial charge in [0.25, 0.3) is 0 Å². The zero-order chi connectivity index (χ0) is 20.8. The van der Waals surface area contributed by atoms with E-state index in [-0.39, 0.29) is 18.0 Å². The van der Waals surface area contributed by atoms with Gasteiger partial charge in [-0.3, -0.25) is 9.69 Å². The summed E-state index contributed by atoms with van der Waals surface area (Å²) in [4.78, 5) is 15.9. The van der Waals surface area contributed by atoms with Gasteiger partial charge in [-0.05, 0) is 84.6 Å². The summed E-state index contributed by atoms with van der Waals surface area (Å²) in [6.07, 6.45) is 10.3. The smallest absolute Gasteiger partial charge is 0.237 e. The molecule has 1 amide bonds. The van der Waals surface area contributed by atoms with Crippen LogP contribution in [0.4, 0.5) is 0 Å². The number of hydrogen-bond donors (Lipinski definition) is 1. The van der Waals surface area contributed by atoms with Crippen LogP contribution in [0.15, 0.2) is 36.7 Å². The molecule has 4 bridgehead atoms. The average Bonchev–Trinajstić information content (AvgIpc) is 3.44. The van der Waals surface area contributed by atoms with Crippen molar-refractivity contribution < 1.29 is 4.79 Å². The first-order valence-electron chi connectivity index (χ1n) is 12.0. The van der Waals surface area contributed by atoms with Crippen LogP contribution in [-0.4, -0.2) is 56.2 Å². The number of nitrogens with zero attached hydrogens (tertiary/aromatic N) is 5. The Morgan fingerprint density at radius 1 is 1.00 bits per heavy atom. The lowest BCUT2D eigenvalue weighted by Crippen LogP contribution is -2.59. The minimum atomic E-state index is -0.0764. The van der Waals surface area contributed by atoms with Gasteiger partial charge < -0.3 is 5.32 Å². The Kier molecular flexibility index (Phi) is 5.01. The maximum Gasteiger partial charge on any atom is 0.237 e. The first-order chi connectivity index (χ1) is 15.2. The van der Waals surface area contributed by atoms with E-state index < -0.39 is 0 Å². The Bertz CT molecular complexity index is 872. The molecule has 5 fully saturated rings. The molecule has 1 aromatic carbocycles. The van der Waals surface area contributed by atoms with Gasteiger partial charge in [0, 0.05) is 19.1 Å². The lowest BCUT2D eigenvalue weighted by Gasteiger charge is -2.57. The Hall–Kier alpha value is -2.28. The summed E-state index contributed by atoms with van der Waals surface area (Å²) in [7, 11) is 0. The van der Waals surface area contributed by atoms with Crippen molar-refractivity contribution in [3.05, 3.63) is 42.2 Å². The minimum absolute atomic E-state index is 0.0764. The summed E-state index contributed by atoms with van der Waals surface area (Å²) < 4.78 is 1.86. The summed E-state index contributed by atoms with van der Waals surface area (Å²) in [5.41, 5.74) is 1.26. The first kappa shape index (κ1) is 19.4. The van der Waals surface area contributed by atoms with E-state index in [0.29, 0.717) is 12.6 Å². The van der Waals surface area contributed by atoms with Crippen LogP contribution in [0.2, 0.25) is 0 Å². The fraction of sp³-hybridized carbons (Fsp3) is 0.667. The predicted octanol–water partition coefficient (Wildman–Crippen LogP) is 2.47. The molecule has 31 heavy (non-hydrogen) atoms. The number of benzene rings is 1. The molecule has 1 aromatic heterocycles. The molecule has 1 N–H and O–H groups in total. The molecule has 2 heterocycles. The quantitative estimate of drug-likeness (QED) is 0.777. The Morgan fingerprint density at radius 2 is 1.74 bits per heavy atom. The van der Waals surface area contributed by atoms with E-state index in [1.165, 1.54) is 37.7 Å².